The van der Waals surface area contributed by atoms with Gasteiger partial charge in [-0.15, -0.1) is 0 Å². The molecule has 2 fully saturated rings. The van der Waals surface area contributed by atoms with Crippen LogP contribution < -0.4 is 4.90 Å². The summed E-state index contributed by atoms with van der Waals surface area (Å²) in [6, 6.07) is 0. The summed E-state index contributed by atoms with van der Waals surface area (Å²) in [7, 11) is 0. The smallest absolute Gasteiger partial charge is 0.171 e. The highest BCUT2D eigenvalue weighted by Gasteiger charge is 2.39. The molecule has 1 spiro atoms. The van der Waals surface area contributed by atoms with E-state index in [0.717, 1.165) is 45.0 Å². The Kier molecular flexibility index (Phi) is 2.49. The topological polar surface area (TPSA) is 47.5 Å². The van der Waals surface area contributed by atoms with Gasteiger partial charge in [0.1, 0.15) is 5.82 Å². The van der Waals surface area contributed by atoms with E-state index in [1.54, 1.807) is 18.6 Å². The standard InChI is InChI=1S/C11H15N3O2/c1-5-14(10-9-12-3-4-13-10)6-2-11(1)15-7-8-16-11/h3-4,9H,1-2,5-8H2. The molecule has 3 rings (SSSR count). The lowest BCUT2D eigenvalue weighted by atomic mass is 10.0. The van der Waals surface area contributed by atoms with Gasteiger partial charge in [0.05, 0.1) is 19.4 Å². The molecular weight excluding hydrogens is 206 g/mol. The molecule has 0 unspecified atom stereocenters. The van der Waals surface area contributed by atoms with E-state index in [1.807, 2.05) is 0 Å². The second-order valence-electron chi connectivity index (χ2n) is 4.16. The zero-order valence-corrected chi connectivity index (χ0v) is 9.13. The number of nitrogens with zero attached hydrogens (tertiary/aromatic N) is 3. The third kappa shape index (κ3) is 1.76. The Morgan fingerprint density at radius 1 is 1.12 bits per heavy atom. The SMILES string of the molecule is c1cnc(N2CCC3(CC2)OCCO3)cn1. The van der Waals surface area contributed by atoms with Gasteiger partial charge in [0.25, 0.3) is 0 Å². The van der Waals surface area contributed by atoms with Crippen LogP contribution in [0.1, 0.15) is 12.8 Å². The summed E-state index contributed by atoms with van der Waals surface area (Å²) in [5.74, 6) is 0.633. The number of aromatic nitrogens is 2. The Balaban J connectivity index is 1.66. The average molecular weight is 221 g/mol. The molecule has 0 N–H and O–H groups in total. The molecule has 3 heterocycles. The van der Waals surface area contributed by atoms with Crippen LogP contribution in [0.5, 0.6) is 0 Å². The van der Waals surface area contributed by atoms with E-state index in [2.05, 4.69) is 14.9 Å². The van der Waals surface area contributed by atoms with E-state index in [-0.39, 0.29) is 5.79 Å². The number of hydrogen-bond acceptors (Lipinski definition) is 5. The minimum atomic E-state index is -0.307. The zero-order chi connectivity index (χ0) is 10.8. The lowest BCUT2D eigenvalue weighted by Crippen LogP contribution is -2.45. The second-order valence-corrected chi connectivity index (χ2v) is 4.16. The minimum Gasteiger partial charge on any atom is -0.355 e. The molecule has 0 aromatic carbocycles. The van der Waals surface area contributed by atoms with Crippen LogP contribution in [0, 0.1) is 0 Å². The Labute approximate surface area is 94.4 Å². The van der Waals surface area contributed by atoms with Crippen molar-refractivity contribution in [3.8, 4) is 0 Å². The van der Waals surface area contributed by atoms with Gasteiger partial charge in [-0.2, -0.15) is 0 Å². The van der Waals surface area contributed by atoms with Gasteiger partial charge in [-0.3, -0.25) is 4.98 Å². The van der Waals surface area contributed by atoms with Crippen molar-refractivity contribution < 1.29 is 9.47 Å². The van der Waals surface area contributed by atoms with Crippen molar-refractivity contribution in [1.29, 1.82) is 0 Å². The number of rotatable bonds is 1. The van der Waals surface area contributed by atoms with Gasteiger partial charge < -0.3 is 14.4 Å². The van der Waals surface area contributed by atoms with Gasteiger partial charge in [0.2, 0.25) is 0 Å². The lowest BCUT2D eigenvalue weighted by Gasteiger charge is -2.37. The first kappa shape index (κ1) is 9.99. The average Bonchev–Trinajstić information content (AvgIpc) is 2.80. The highest BCUT2D eigenvalue weighted by molar-refractivity contribution is 5.35. The van der Waals surface area contributed by atoms with E-state index >= 15 is 0 Å². The van der Waals surface area contributed by atoms with Crippen LogP contribution in [-0.2, 0) is 9.47 Å². The summed E-state index contributed by atoms with van der Waals surface area (Å²) < 4.78 is 11.4. The summed E-state index contributed by atoms with van der Waals surface area (Å²) in [6.07, 6.45) is 7.03. The number of hydrogen-bond donors (Lipinski definition) is 0. The summed E-state index contributed by atoms with van der Waals surface area (Å²) >= 11 is 0. The Bertz CT molecular complexity index is 342. The largest absolute Gasteiger partial charge is 0.355 e. The van der Waals surface area contributed by atoms with E-state index in [0.29, 0.717) is 0 Å². The molecule has 2 aliphatic rings. The highest BCUT2D eigenvalue weighted by Crippen LogP contribution is 2.32. The van der Waals surface area contributed by atoms with Gasteiger partial charge in [-0.05, 0) is 0 Å². The maximum Gasteiger partial charge on any atom is 0.171 e. The van der Waals surface area contributed by atoms with E-state index in [1.165, 1.54) is 0 Å². The van der Waals surface area contributed by atoms with E-state index in [9.17, 15) is 0 Å². The molecule has 5 nitrogen and oxygen atoms in total. The summed E-state index contributed by atoms with van der Waals surface area (Å²) in [5, 5.41) is 0. The number of ether oxygens (including phenoxy) is 2. The molecule has 0 bridgehead atoms. The number of anilines is 1. The monoisotopic (exact) mass is 221 g/mol. The fourth-order valence-electron chi connectivity index (χ4n) is 2.32. The fraction of sp³-hybridized carbons (Fsp3) is 0.636. The third-order valence-corrected chi connectivity index (χ3v) is 3.21. The Morgan fingerprint density at radius 2 is 1.88 bits per heavy atom. The van der Waals surface area contributed by atoms with E-state index in [4.69, 9.17) is 9.47 Å². The summed E-state index contributed by atoms with van der Waals surface area (Å²) in [6.45, 7) is 3.29. The molecule has 1 aromatic heterocycles. The third-order valence-electron chi connectivity index (χ3n) is 3.21. The predicted molar refractivity (Wildman–Crippen MR) is 58.1 cm³/mol. The summed E-state index contributed by atoms with van der Waals surface area (Å²) in [5.41, 5.74) is 0. The molecule has 1 aromatic rings. The maximum atomic E-state index is 5.68. The van der Waals surface area contributed by atoms with Crippen LogP contribution in [0.3, 0.4) is 0 Å². The molecule has 0 amide bonds. The van der Waals surface area contributed by atoms with Crippen LogP contribution >= 0.6 is 0 Å². The van der Waals surface area contributed by atoms with Crippen molar-refractivity contribution in [2.45, 2.75) is 18.6 Å². The first-order chi connectivity index (χ1) is 7.88. The molecule has 2 aliphatic heterocycles. The van der Waals surface area contributed by atoms with Crippen molar-refractivity contribution in [1.82, 2.24) is 9.97 Å². The van der Waals surface area contributed by atoms with Crippen molar-refractivity contribution in [3.05, 3.63) is 18.6 Å². The van der Waals surface area contributed by atoms with Crippen LogP contribution in [0.25, 0.3) is 0 Å². The Morgan fingerprint density at radius 3 is 2.50 bits per heavy atom. The van der Waals surface area contributed by atoms with Gasteiger partial charge in [0, 0.05) is 38.3 Å². The van der Waals surface area contributed by atoms with Crippen LogP contribution in [-0.4, -0.2) is 42.1 Å². The molecule has 2 saturated heterocycles. The molecule has 0 saturated carbocycles. The Hall–Kier alpha value is -1.20. The van der Waals surface area contributed by atoms with Crippen molar-refractivity contribution >= 4 is 5.82 Å². The van der Waals surface area contributed by atoms with Gasteiger partial charge in [0.15, 0.2) is 5.79 Å². The van der Waals surface area contributed by atoms with Crippen molar-refractivity contribution in [2.24, 2.45) is 0 Å². The maximum absolute atomic E-state index is 5.68. The van der Waals surface area contributed by atoms with E-state index < -0.39 is 0 Å². The lowest BCUT2D eigenvalue weighted by molar-refractivity contribution is -0.169. The second kappa shape index (κ2) is 3.99. The van der Waals surface area contributed by atoms with Gasteiger partial charge >= 0.3 is 0 Å². The van der Waals surface area contributed by atoms with Crippen LogP contribution in [0.15, 0.2) is 18.6 Å². The van der Waals surface area contributed by atoms with Crippen LogP contribution in [0.2, 0.25) is 0 Å². The normalized spacial score (nSPS) is 23.9. The van der Waals surface area contributed by atoms with Gasteiger partial charge in [-0.25, -0.2) is 4.98 Å². The first-order valence-electron chi connectivity index (χ1n) is 5.67. The zero-order valence-electron chi connectivity index (χ0n) is 9.13. The first-order valence-corrected chi connectivity index (χ1v) is 5.67. The highest BCUT2D eigenvalue weighted by atomic mass is 16.7. The molecule has 16 heavy (non-hydrogen) atoms. The molecular formula is C11H15N3O2. The molecule has 0 radical (unpaired) electrons. The minimum absolute atomic E-state index is 0.307. The summed E-state index contributed by atoms with van der Waals surface area (Å²) in [4.78, 5) is 10.6. The van der Waals surface area contributed by atoms with Gasteiger partial charge in [-0.1, -0.05) is 0 Å². The van der Waals surface area contributed by atoms with Crippen LogP contribution in [0.4, 0.5) is 5.82 Å². The molecule has 86 valence electrons. The fourth-order valence-corrected chi connectivity index (χ4v) is 2.32. The molecule has 5 heteroatoms. The molecule has 0 atom stereocenters. The molecule has 0 aliphatic carbocycles. The number of piperidine rings is 1. The van der Waals surface area contributed by atoms with Crippen molar-refractivity contribution in [2.75, 3.05) is 31.2 Å². The quantitative estimate of drug-likeness (QED) is 0.702. The van der Waals surface area contributed by atoms with Crippen molar-refractivity contribution in [3.63, 3.8) is 0 Å². The predicted octanol–water partition coefficient (Wildman–Crippen LogP) is 0.820.